The molecule has 1 atom stereocenters. The van der Waals surface area contributed by atoms with Crippen molar-refractivity contribution in [2.45, 2.75) is 31.8 Å². The van der Waals surface area contributed by atoms with Crippen LogP contribution in [0, 0.1) is 0 Å². The highest BCUT2D eigenvalue weighted by molar-refractivity contribution is 5.93. The Hall–Kier alpha value is -1.09. The van der Waals surface area contributed by atoms with Crippen molar-refractivity contribution < 1.29 is 14.3 Å². The number of ketones is 1. The first-order valence-electron chi connectivity index (χ1n) is 5.56. The van der Waals surface area contributed by atoms with Crippen molar-refractivity contribution >= 4 is 5.78 Å². The number of hydrogen-bond donors (Lipinski definition) is 0. The van der Waals surface area contributed by atoms with Gasteiger partial charge in [-0.05, 0) is 36.5 Å². The first kappa shape index (κ1) is 9.16. The third-order valence-corrected chi connectivity index (χ3v) is 3.26. The quantitative estimate of drug-likeness (QED) is 0.605. The van der Waals surface area contributed by atoms with Gasteiger partial charge in [-0.15, -0.1) is 0 Å². The van der Waals surface area contributed by atoms with Crippen LogP contribution in [0.2, 0.25) is 0 Å². The zero-order valence-corrected chi connectivity index (χ0v) is 8.62. The number of hydrogen-bond acceptors (Lipinski definition) is 3. The highest BCUT2D eigenvalue weighted by Gasteiger charge is 2.32. The fourth-order valence-corrected chi connectivity index (χ4v) is 2.52. The molecule has 0 aromatic carbocycles. The Labute approximate surface area is 88.7 Å². The van der Waals surface area contributed by atoms with Crippen molar-refractivity contribution in [3.05, 3.63) is 23.0 Å². The monoisotopic (exact) mass is 206 g/mol. The second-order valence-electron chi connectivity index (χ2n) is 4.29. The highest BCUT2D eigenvalue weighted by Crippen LogP contribution is 2.37. The zero-order valence-electron chi connectivity index (χ0n) is 8.62. The van der Waals surface area contributed by atoms with E-state index in [1.807, 2.05) is 0 Å². The van der Waals surface area contributed by atoms with Crippen LogP contribution in [-0.2, 0) is 14.3 Å². The Bertz CT molecular complexity index is 365. The first-order chi connectivity index (χ1) is 7.34. The minimum atomic E-state index is -0.000417. The second kappa shape index (κ2) is 3.49. The lowest BCUT2D eigenvalue weighted by Gasteiger charge is -2.34. The summed E-state index contributed by atoms with van der Waals surface area (Å²) < 4.78 is 11.2. The summed E-state index contributed by atoms with van der Waals surface area (Å²) >= 11 is 0. The van der Waals surface area contributed by atoms with Crippen LogP contribution in [0.25, 0.3) is 0 Å². The molecular formula is C12H14O3. The summed E-state index contributed by atoms with van der Waals surface area (Å²) in [5, 5.41) is 0. The summed E-state index contributed by atoms with van der Waals surface area (Å²) in [5.74, 6) is 1.18. The van der Waals surface area contributed by atoms with Gasteiger partial charge in [-0.3, -0.25) is 4.79 Å². The SMILES string of the molecule is O=C1C=C2C3=C(CCCC3)OC[C@H]2OC1. The largest absolute Gasteiger partial charge is 0.495 e. The molecule has 0 aromatic heterocycles. The third-order valence-electron chi connectivity index (χ3n) is 3.26. The molecule has 0 bridgehead atoms. The summed E-state index contributed by atoms with van der Waals surface area (Å²) in [6.07, 6.45) is 6.21. The standard InChI is InChI=1S/C12H14O3/c13-8-5-10-9-3-1-2-4-11(9)15-7-12(10)14-6-8/h5,12H,1-4,6-7H2/t12-/m1/s1. The molecule has 15 heavy (non-hydrogen) atoms. The highest BCUT2D eigenvalue weighted by atomic mass is 16.5. The molecule has 0 N–H and O–H groups in total. The van der Waals surface area contributed by atoms with E-state index in [2.05, 4.69) is 0 Å². The van der Waals surface area contributed by atoms with Crippen molar-refractivity contribution in [3.8, 4) is 0 Å². The minimum absolute atomic E-state index is 0.000417. The van der Waals surface area contributed by atoms with E-state index in [0.717, 1.165) is 24.2 Å². The lowest BCUT2D eigenvalue weighted by molar-refractivity contribution is -0.123. The number of carbonyl (C=O) groups is 1. The fraction of sp³-hybridized carbons (Fsp3) is 0.583. The smallest absolute Gasteiger partial charge is 0.181 e. The lowest BCUT2D eigenvalue weighted by atomic mass is 9.86. The van der Waals surface area contributed by atoms with Gasteiger partial charge in [0.25, 0.3) is 0 Å². The fourth-order valence-electron chi connectivity index (χ4n) is 2.52. The van der Waals surface area contributed by atoms with Crippen LogP contribution in [-0.4, -0.2) is 25.1 Å². The number of fused-ring (bicyclic) bond motifs is 2. The minimum Gasteiger partial charge on any atom is -0.495 e. The molecule has 0 fully saturated rings. The van der Waals surface area contributed by atoms with E-state index < -0.39 is 0 Å². The van der Waals surface area contributed by atoms with E-state index in [0.29, 0.717) is 6.61 Å². The van der Waals surface area contributed by atoms with Gasteiger partial charge >= 0.3 is 0 Å². The molecule has 3 heteroatoms. The van der Waals surface area contributed by atoms with E-state index in [1.54, 1.807) is 6.08 Å². The summed E-state index contributed by atoms with van der Waals surface area (Å²) in [5.41, 5.74) is 2.33. The lowest BCUT2D eigenvalue weighted by Crippen LogP contribution is -2.34. The number of carbonyl (C=O) groups excluding carboxylic acids is 1. The third kappa shape index (κ3) is 1.51. The van der Waals surface area contributed by atoms with Gasteiger partial charge in [0, 0.05) is 6.42 Å². The Morgan fingerprint density at radius 3 is 3.07 bits per heavy atom. The van der Waals surface area contributed by atoms with E-state index >= 15 is 0 Å². The predicted molar refractivity (Wildman–Crippen MR) is 54.3 cm³/mol. The van der Waals surface area contributed by atoms with E-state index in [9.17, 15) is 4.79 Å². The van der Waals surface area contributed by atoms with Crippen molar-refractivity contribution in [1.29, 1.82) is 0 Å². The van der Waals surface area contributed by atoms with Gasteiger partial charge in [0.15, 0.2) is 5.78 Å². The van der Waals surface area contributed by atoms with Crippen LogP contribution in [0.5, 0.6) is 0 Å². The number of allylic oxidation sites excluding steroid dienone is 1. The molecule has 0 aromatic rings. The van der Waals surface area contributed by atoms with Crippen LogP contribution in [0.3, 0.4) is 0 Å². The molecule has 1 aliphatic carbocycles. The van der Waals surface area contributed by atoms with Crippen LogP contribution in [0.15, 0.2) is 23.0 Å². The molecule has 80 valence electrons. The van der Waals surface area contributed by atoms with Crippen molar-refractivity contribution in [2.75, 3.05) is 13.2 Å². The van der Waals surface area contributed by atoms with Crippen LogP contribution >= 0.6 is 0 Å². The molecule has 0 saturated heterocycles. The molecular weight excluding hydrogens is 192 g/mol. The Morgan fingerprint density at radius 2 is 2.13 bits per heavy atom. The van der Waals surface area contributed by atoms with Gasteiger partial charge in [0.1, 0.15) is 19.3 Å². The Kier molecular flexibility index (Phi) is 2.13. The van der Waals surface area contributed by atoms with Crippen LogP contribution in [0.1, 0.15) is 25.7 Å². The summed E-state index contributed by atoms with van der Waals surface area (Å²) in [6, 6.07) is 0. The molecule has 2 heterocycles. The van der Waals surface area contributed by atoms with Gasteiger partial charge in [-0.1, -0.05) is 0 Å². The van der Waals surface area contributed by atoms with Crippen LogP contribution < -0.4 is 0 Å². The average molecular weight is 206 g/mol. The molecule has 0 unspecified atom stereocenters. The van der Waals surface area contributed by atoms with Gasteiger partial charge < -0.3 is 9.47 Å². The maximum Gasteiger partial charge on any atom is 0.181 e. The van der Waals surface area contributed by atoms with E-state index in [4.69, 9.17) is 9.47 Å². The van der Waals surface area contributed by atoms with Crippen molar-refractivity contribution in [3.63, 3.8) is 0 Å². The number of rotatable bonds is 0. The summed E-state index contributed by atoms with van der Waals surface area (Å²) in [7, 11) is 0. The number of ether oxygens (including phenoxy) is 2. The average Bonchev–Trinajstić information content (AvgIpc) is 2.29. The molecule has 0 spiro atoms. The molecule has 2 aliphatic heterocycles. The van der Waals surface area contributed by atoms with Crippen LogP contribution in [0.4, 0.5) is 0 Å². The predicted octanol–water partition coefficient (Wildman–Crippen LogP) is 1.74. The molecule has 3 aliphatic rings. The topological polar surface area (TPSA) is 35.5 Å². The Morgan fingerprint density at radius 1 is 1.27 bits per heavy atom. The molecule has 0 radical (unpaired) electrons. The summed E-state index contributed by atoms with van der Waals surface area (Å²) in [6.45, 7) is 0.790. The van der Waals surface area contributed by atoms with Gasteiger partial charge in [0.2, 0.25) is 0 Å². The maximum atomic E-state index is 11.3. The molecule has 0 amide bonds. The summed E-state index contributed by atoms with van der Waals surface area (Å²) in [4.78, 5) is 11.3. The van der Waals surface area contributed by atoms with Crippen molar-refractivity contribution in [1.82, 2.24) is 0 Å². The van der Waals surface area contributed by atoms with Gasteiger partial charge in [-0.25, -0.2) is 0 Å². The molecule has 3 nitrogen and oxygen atoms in total. The van der Waals surface area contributed by atoms with Crippen molar-refractivity contribution in [2.24, 2.45) is 0 Å². The van der Waals surface area contributed by atoms with Gasteiger partial charge in [0.05, 0.1) is 5.76 Å². The zero-order chi connectivity index (χ0) is 10.3. The normalized spacial score (nSPS) is 30.3. The molecule has 3 rings (SSSR count). The van der Waals surface area contributed by atoms with E-state index in [-0.39, 0.29) is 18.5 Å². The second-order valence-corrected chi connectivity index (χ2v) is 4.29. The molecule has 0 saturated carbocycles. The van der Waals surface area contributed by atoms with E-state index in [1.165, 1.54) is 18.4 Å². The Balaban J connectivity index is 2.02. The van der Waals surface area contributed by atoms with Gasteiger partial charge in [-0.2, -0.15) is 0 Å². The first-order valence-corrected chi connectivity index (χ1v) is 5.56. The maximum absolute atomic E-state index is 11.3.